The van der Waals surface area contributed by atoms with Crippen LogP contribution in [0.25, 0.3) is 99.2 Å². The summed E-state index contributed by atoms with van der Waals surface area (Å²) in [6, 6.07) is 70.2. The van der Waals surface area contributed by atoms with Gasteiger partial charge in [-0.2, -0.15) is 0 Å². The second kappa shape index (κ2) is 12.9. The molecule has 0 aliphatic carbocycles. The van der Waals surface area contributed by atoms with Crippen LogP contribution in [-0.4, -0.2) is 0 Å². The summed E-state index contributed by atoms with van der Waals surface area (Å²) in [6.45, 7) is 0. The highest BCUT2D eigenvalue weighted by atomic mass is 16.3. The first kappa shape index (κ1) is 32.4. The fourth-order valence-corrected chi connectivity index (χ4v) is 8.77. The molecule has 4 heteroatoms. The molecule has 0 bridgehead atoms. The van der Waals surface area contributed by atoms with Crippen LogP contribution in [-0.2, 0) is 0 Å². The highest BCUT2D eigenvalue weighted by Gasteiger charge is 2.21. The molecule has 3 aromatic heterocycles. The minimum atomic E-state index is 0.829. The fraction of sp³-hybridized carbons (Fsp3) is 0. The van der Waals surface area contributed by atoms with Gasteiger partial charge in [-0.25, -0.2) is 0 Å². The summed E-state index contributed by atoms with van der Waals surface area (Å²) < 4.78 is 19.4. The van der Waals surface area contributed by atoms with Gasteiger partial charge in [-0.15, -0.1) is 0 Å². The van der Waals surface area contributed by atoms with Crippen LogP contribution in [0.2, 0.25) is 0 Å². The number of hydrogen-bond donors (Lipinski definition) is 0. The monoisotopic (exact) mass is 743 g/mol. The standard InChI is InChI=1S/C54H33NO3/c1-3-12-34(13-4-1)35-14-9-17-40(30-35)55(39-15-5-2-6-16-39)46-20-11-23-50-54(46)44-28-25-38(33-52(44)58-50)41-19-10-22-49-53(41)45-31-36(26-29-48(45)56-49)37-24-27-43-42-18-7-8-21-47(42)57-51(43)32-37/h1-33H. The van der Waals surface area contributed by atoms with Crippen LogP contribution in [0.4, 0.5) is 17.1 Å². The van der Waals surface area contributed by atoms with Crippen molar-refractivity contribution in [1.82, 2.24) is 0 Å². The number of benzene rings is 9. The van der Waals surface area contributed by atoms with Crippen LogP contribution < -0.4 is 4.90 Å². The number of anilines is 3. The summed E-state index contributed by atoms with van der Waals surface area (Å²) in [5.74, 6) is 0. The van der Waals surface area contributed by atoms with Gasteiger partial charge in [0.05, 0.1) is 11.1 Å². The van der Waals surface area contributed by atoms with E-state index in [4.69, 9.17) is 13.3 Å². The second-order valence-electron chi connectivity index (χ2n) is 14.9. The Morgan fingerprint density at radius 2 is 0.828 bits per heavy atom. The summed E-state index contributed by atoms with van der Waals surface area (Å²) in [4.78, 5) is 2.33. The Morgan fingerprint density at radius 1 is 0.276 bits per heavy atom. The molecule has 0 aliphatic rings. The molecule has 9 aromatic carbocycles. The number of fused-ring (bicyclic) bond motifs is 9. The lowest BCUT2D eigenvalue weighted by molar-refractivity contribution is 0.668. The molecule has 272 valence electrons. The highest BCUT2D eigenvalue weighted by molar-refractivity contribution is 6.17. The van der Waals surface area contributed by atoms with E-state index < -0.39 is 0 Å². The van der Waals surface area contributed by atoms with Gasteiger partial charge < -0.3 is 18.2 Å². The third-order valence-corrected chi connectivity index (χ3v) is 11.5. The average Bonchev–Trinajstić information content (AvgIpc) is 3.98. The maximum absolute atomic E-state index is 6.73. The van der Waals surface area contributed by atoms with Gasteiger partial charge in [0.15, 0.2) is 0 Å². The van der Waals surface area contributed by atoms with Crippen molar-refractivity contribution in [2.24, 2.45) is 0 Å². The Balaban J connectivity index is 0.990. The van der Waals surface area contributed by atoms with E-state index in [0.29, 0.717) is 0 Å². The predicted molar refractivity (Wildman–Crippen MR) is 239 cm³/mol. The zero-order chi connectivity index (χ0) is 38.2. The molecule has 0 saturated heterocycles. The normalized spacial score (nSPS) is 11.8. The molecule has 0 N–H and O–H groups in total. The molecular weight excluding hydrogens is 711 g/mol. The van der Waals surface area contributed by atoms with Gasteiger partial charge in [-0.05, 0) is 118 Å². The summed E-state index contributed by atoms with van der Waals surface area (Å²) in [5.41, 5.74) is 15.0. The Kier molecular flexibility index (Phi) is 7.20. The molecule has 3 heterocycles. The third-order valence-electron chi connectivity index (χ3n) is 11.5. The molecular formula is C54H33NO3. The molecule has 0 fully saturated rings. The largest absolute Gasteiger partial charge is 0.456 e. The SMILES string of the molecule is c1ccc(-c2cccc(N(c3ccccc3)c3cccc4oc5cc(-c6cccc7oc8ccc(-c9ccc%10c(c9)oc9ccccc9%10)cc8c67)ccc5c34)c2)cc1. The van der Waals surface area contributed by atoms with Crippen molar-refractivity contribution in [3.63, 3.8) is 0 Å². The van der Waals surface area contributed by atoms with Crippen molar-refractivity contribution < 1.29 is 13.3 Å². The minimum Gasteiger partial charge on any atom is -0.456 e. The van der Waals surface area contributed by atoms with Crippen LogP contribution in [0, 0.1) is 0 Å². The van der Waals surface area contributed by atoms with Gasteiger partial charge in [0.2, 0.25) is 0 Å². The first-order valence-corrected chi connectivity index (χ1v) is 19.6. The molecule has 0 unspecified atom stereocenters. The van der Waals surface area contributed by atoms with Crippen LogP contribution in [0.15, 0.2) is 213 Å². The van der Waals surface area contributed by atoms with E-state index in [2.05, 4.69) is 193 Å². The van der Waals surface area contributed by atoms with Gasteiger partial charge in [-0.1, -0.05) is 115 Å². The summed E-state index contributed by atoms with van der Waals surface area (Å²) >= 11 is 0. The fourth-order valence-electron chi connectivity index (χ4n) is 8.77. The van der Waals surface area contributed by atoms with Crippen molar-refractivity contribution in [3.8, 4) is 33.4 Å². The van der Waals surface area contributed by atoms with Crippen LogP contribution in [0.3, 0.4) is 0 Å². The topological polar surface area (TPSA) is 42.7 Å². The van der Waals surface area contributed by atoms with Gasteiger partial charge in [0.1, 0.15) is 33.5 Å². The average molecular weight is 744 g/mol. The highest BCUT2D eigenvalue weighted by Crippen LogP contribution is 2.45. The van der Waals surface area contributed by atoms with Crippen molar-refractivity contribution >= 4 is 82.9 Å². The van der Waals surface area contributed by atoms with Crippen LogP contribution >= 0.6 is 0 Å². The first-order valence-electron chi connectivity index (χ1n) is 19.6. The Morgan fingerprint density at radius 3 is 1.72 bits per heavy atom. The van der Waals surface area contributed by atoms with E-state index in [-0.39, 0.29) is 0 Å². The van der Waals surface area contributed by atoms with Crippen molar-refractivity contribution in [2.75, 3.05) is 4.90 Å². The molecule has 0 radical (unpaired) electrons. The van der Waals surface area contributed by atoms with E-state index in [1.165, 1.54) is 5.56 Å². The molecule has 0 saturated carbocycles. The smallest absolute Gasteiger partial charge is 0.137 e. The number of furan rings is 3. The maximum atomic E-state index is 6.73. The van der Waals surface area contributed by atoms with Gasteiger partial charge >= 0.3 is 0 Å². The first-order chi connectivity index (χ1) is 28.7. The molecule has 12 rings (SSSR count). The Bertz CT molecular complexity index is 3520. The minimum absolute atomic E-state index is 0.829. The van der Waals surface area contributed by atoms with E-state index >= 15 is 0 Å². The lowest BCUT2D eigenvalue weighted by Crippen LogP contribution is -2.10. The lowest BCUT2D eigenvalue weighted by atomic mass is 9.96. The van der Waals surface area contributed by atoms with Gasteiger partial charge in [0, 0.05) is 38.3 Å². The van der Waals surface area contributed by atoms with Crippen LogP contribution in [0.1, 0.15) is 0 Å². The zero-order valence-corrected chi connectivity index (χ0v) is 31.2. The van der Waals surface area contributed by atoms with E-state index in [1.807, 2.05) is 12.1 Å². The van der Waals surface area contributed by atoms with E-state index in [1.54, 1.807) is 0 Å². The predicted octanol–water partition coefficient (Wildman–Crippen LogP) is 15.9. The van der Waals surface area contributed by atoms with Crippen molar-refractivity contribution in [1.29, 1.82) is 0 Å². The summed E-state index contributed by atoms with van der Waals surface area (Å²) in [6.07, 6.45) is 0. The quantitative estimate of drug-likeness (QED) is 0.170. The third kappa shape index (κ3) is 5.16. The molecule has 0 spiro atoms. The van der Waals surface area contributed by atoms with Crippen LogP contribution in [0.5, 0.6) is 0 Å². The van der Waals surface area contributed by atoms with Crippen molar-refractivity contribution in [2.45, 2.75) is 0 Å². The molecule has 0 atom stereocenters. The number of hydrogen-bond acceptors (Lipinski definition) is 4. The summed E-state index contributed by atoms with van der Waals surface area (Å²) in [5, 5.41) is 6.52. The lowest BCUT2D eigenvalue weighted by Gasteiger charge is -2.26. The molecule has 12 aromatic rings. The number of nitrogens with zero attached hydrogens (tertiary/aromatic N) is 1. The molecule has 4 nitrogen and oxygen atoms in total. The molecule has 58 heavy (non-hydrogen) atoms. The Hall–Kier alpha value is -7.82. The van der Waals surface area contributed by atoms with Gasteiger partial charge in [-0.3, -0.25) is 0 Å². The molecule has 0 aliphatic heterocycles. The van der Waals surface area contributed by atoms with E-state index in [0.717, 1.165) is 111 Å². The molecule has 0 amide bonds. The number of para-hydroxylation sites is 2. The van der Waals surface area contributed by atoms with Crippen molar-refractivity contribution in [3.05, 3.63) is 200 Å². The number of rotatable bonds is 6. The maximum Gasteiger partial charge on any atom is 0.137 e. The second-order valence-corrected chi connectivity index (χ2v) is 14.9. The zero-order valence-electron chi connectivity index (χ0n) is 31.2. The van der Waals surface area contributed by atoms with E-state index in [9.17, 15) is 0 Å². The summed E-state index contributed by atoms with van der Waals surface area (Å²) in [7, 11) is 0. The Labute approximate surface area is 333 Å². The van der Waals surface area contributed by atoms with Gasteiger partial charge in [0.25, 0.3) is 0 Å².